The van der Waals surface area contributed by atoms with Gasteiger partial charge >= 0.3 is 0 Å². The molecule has 4 nitrogen and oxygen atoms in total. The highest BCUT2D eigenvalue weighted by Crippen LogP contribution is 1.85. The van der Waals surface area contributed by atoms with Gasteiger partial charge in [-0.05, 0) is 0 Å². The Balaban J connectivity index is 0. The topological polar surface area (TPSA) is 81.5 Å². The van der Waals surface area contributed by atoms with Gasteiger partial charge < -0.3 is 20.4 Å². The summed E-state index contributed by atoms with van der Waals surface area (Å²) in [7, 11) is 0. The molecule has 52 valence electrons. The molecule has 0 aliphatic carbocycles. The van der Waals surface area contributed by atoms with Gasteiger partial charge in [-0.1, -0.05) is 0 Å². The van der Waals surface area contributed by atoms with E-state index in [1.165, 1.54) is 0 Å². The van der Waals surface area contributed by atoms with Gasteiger partial charge in [-0.25, -0.2) is 0 Å². The van der Waals surface area contributed by atoms with E-state index < -0.39 is 0 Å². The van der Waals surface area contributed by atoms with E-state index in [1.807, 2.05) is 0 Å². The molecule has 0 unspecified atom stereocenters. The smallest absolute Gasteiger partial charge is 0.0701 e. The highest BCUT2D eigenvalue weighted by atomic mass is 16.6. The van der Waals surface area contributed by atoms with Crippen molar-refractivity contribution in [2.45, 2.75) is 0 Å². The predicted octanol–water partition coefficient (Wildman–Crippen LogP) is -1.62. The summed E-state index contributed by atoms with van der Waals surface area (Å²) in [5.74, 6) is 0. The van der Waals surface area contributed by atoms with Gasteiger partial charge in [0, 0.05) is 0 Å². The molecule has 0 radical (unpaired) electrons. The van der Waals surface area contributed by atoms with E-state index in [1.54, 1.807) is 0 Å². The fourth-order valence-corrected chi connectivity index (χ4v) is 0.440. The summed E-state index contributed by atoms with van der Waals surface area (Å²) in [6, 6.07) is 0. The van der Waals surface area contributed by atoms with Crippen LogP contribution >= 0.6 is 0 Å². The molecule has 4 N–H and O–H groups in total. The lowest BCUT2D eigenvalue weighted by atomic mass is 10.6. The van der Waals surface area contributed by atoms with Crippen LogP contribution in [0, 0.1) is 0 Å². The third-order valence-corrected chi connectivity index (χ3v) is 0.744. The summed E-state index contributed by atoms with van der Waals surface area (Å²) in [5.41, 5.74) is 0. The first-order chi connectivity index (χ1) is 3.00. The third-order valence-electron chi connectivity index (χ3n) is 0.744. The Morgan fingerprint density at radius 3 is 1.00 bits per heavy atom. The minimum Gasteiger partial charge on any atom is -0.412 e. The van der Waals surface area contributed by atoms with Gasteiger partial charge in [-0.15, -0.1) is 0 Å². The van der Waals surface area contributed by atoms with Crippen molar-refractivity contribution in [2.75, 3.05) is 26.4 Å². The average Bonchev–Trinajstić information content (AvgIpc) is 1.72. The second-order valence-corrected chi connectivity index (χ2v) is 1.22. The minimum atomic E-state index is 0. The number of hydrogen-bond donors (Lipinski definition) is 0. The van der Waals surface area contributed by atoms with Crippen LogP contribution in [0.2, 0.25) is 0 Å². The first-order valence-corrected chi connectivity index (χ1v) is 2.15. The Morgan fingerprint density at radius 2 is 0.875 bits per heavy atom. The lowest BCUT2D eigenvalue weighted by Gasteiger charge is -2.09. The molecule has 0 aromatic rings. The summed E-state index contributed by atoms with van der Waals surface area (Å²) in [5, 5.41) is 0. The van der Waals surface area contributed by atoms with Gasteiger partial charge in [-0.3, -0.25) is 0 Å². The molecule has 0 aromatic carbocycles. The van der Waals surface area contributed by atoms with Crippen LogP contribution in [0.25, 0.3) is 0 Å². The maximum absolute atomic E-state index is 4.94. The summed E-state index contributed by atoms with van der Waals surface area (Å²) in [4.78, 5) is 0. The molecule has 1 aliphatic heterocycles. The van der Waals surface area contributed by atoms with Crippen molar-refractivity contribution in [3.8, 4) is 0 Å². The molecule has 8 heavy (non-hydrogen) atoms. The van der Waals surface area contributed by atoms with E-state index in [4.69, 9.17) is 9.47 Å². The zero-order chi connectivity index (χ0) is 4.24. The Hall–Kier alpha value is -0.160. The molecule has 4 heteroatoms. The van der Waals surface area contributed by atoms with Gasteiger partial charge in [0.15, 0.2) is 0 Å². The lowest BCUT2D eigenvalue weighted by Crippen LogP contribution is -2.16. The Bertz CT molecular complexity index is 23.5. The second kappa shape index (κ2) is 6.84. The molecule has 1 saturated heterocycles. The molecular formula is C4H12O4. The molecular weight excluding hydrogens is 112 g/mol. The molecule has 1 heterocycles. The van der Waals surface area contributed by atoms with Crippen LogP contribution in [0.4, 0.5) is 0 Å². The van der Waals surface area contributed by atoms with E-state index in [9.17, 15) is 0 Å². The van der Waals surface area contributed by atoms with Crippen molar-refractivity contribution in [3.63, 3.8) is 0 Å². The standard InChI is InChI=1S/C4H8O2.2H2O/c1-2-6-4-3-5-1;;/h1-4H2;2*1H2. The number of rotatable bonds is 0. The monoisotopic (exact) mass is 124 g/mol. The van der Waals surface area contributed by atoms with Crippen LogP contribution in [-0.4, -0.2) is 37.4 Å². The second-order valence-electron chi connectivity index (χ2n) is 1.22. The quantitative estimate of drug-likeness (QED) is 0.389. The fraction of sp³-hybridized carbons (Fsp3) is 1.00. The zero-order valence-electron chi connectivity index (χ0n) is 4.64. The van der Waals surface area contributed by atoms with Crippen LogP contribution in [0.15, 0.2) is 0 Å². The molecule has 1 fully saturated rings. The first-order valence-electron chi connectivity index (χ1n) is 2.15. The zero-order valence-corrected chi connectivity index (χ0v) is 4.64. The molecule has 0 atom stereocenters. The van der Waals surface area contributed by atoms with Crippen LogP contribution in [0.3, 0.4) is 0 Å². The summed E-state index contributed by atoms with van der Waals surface area (Å²) in [6.45, 7) is 3.11. The van der Waals surface area contributed by atoms with Crippen LogP contribution in [0.1, 0.15) is 0 Å². The highest BCUT2D eigenvalue weighted by Gasteiger charge is 1.94. The van der Waals surface area contributed by atoms with E-state index in [2.05, 4.69) is 0 Å². The molecule has 1 aliphatic rings. The maximum atomic E-state index is 4.94. The van der Waals surface area contributed by atoms with Crippen LogP contribution in [-0.2, 0) is 9.47 Å². The van der Waals surface area contributed by atoms with Gasteiger partial charge in [0.05, 0.1) is 26.4 Å². The van der Waals surface area contributed by atoms with Crippen LogP contribution in [0.5, 0.6) is 0 Å². The van der Waals surface area contributed by atoms with Gasteiger partial charge in [0.25, 0.3) is 0 Å². The Labute approximate surface area is 48.0 Å². The van der Waals surface area contributed by atoms with Crippen molar-refractivity contribution >= 4 is 0 Å². The third kappa shape index (κ3) is 4.01. The van der Waals surface area contributed by atoms with E-state index in [-0.39, 0.29) is 11.0 Å². The van der Waals surface area contributed by atoms with E-state index in [0.29, 0.717) is 0 Å². The van der Waals surface area contributed by atoms with Crippen LogP contribution < -0.4 is 0 Å². The van der Waals surface area contributed by atoms with Gasteiger partial charge in [-0.2, -0.15) is 0 Å². The fourth-order valence-electron chi connectivity index (χ4n) is 0.440. The van der Waals surface area contributed by atoms with Gasteiger partial charge in [0.2, 0.25) is 0 Å². The summed E-state index contributed by atoms with van der Waals surface area (Å²) < 4.78 is 9.89. The van der Waals surface area contributed by atoms with Crippen molar-refractivity contribution in [2.24, 2.45) is 0 Å². The SMILES string of the molecule is C1COCCO1.O.O. The van der Waals surface area contributed by atoms with Crippen molar-refractivity contribution in [1.29, 1.82) is 0 Å². The van der Waals surface area contributed by atoms with Gasteiger partial charge in [0.1, 0.15) is 0 Å². The number of ether oxygens (including phenoxy) is 2. The van der Waals surface area contributed by atoms with Crippen molar-refractivity contribution < 1.29 is 20.4 Å². The Morgan fingerprint density at radius 1 is 0.625 bits per heavy atom. The molecule has 0 saturated carbocycles. The molecule has 0 spiro atoms. The first kappa shape index (κ1) is 10.8. The highest BCUT2D eigenvalue weighted by molar-refractivity contribution is 4.37. The average molecular weight is 124 g/mol. The van der Waals surface area contributed by atoms with Crippen molar-refractivity contribution in [3.05, 3.63) is 0 Å². The van der Waals surface area contributed by atoms with Crippen molar-refractivity contribution in [1.82, 2.24) is 0 Å². The predicted molar refractivity (Wildman–Crippen MR) is 28.9 cm³/mol. The normalized spacial score (nSPS) is 18.0. The molecule has 0 aromatic heterocycles. The summed E-state index contributed by atoms with van der Waals surface area (Å²) >= 11 is 0. The molecule has 0 bridgehead atoms. The minimum absolute atomic E-state index is 0. The summed E-state index contributed by atoms with van der Waals surface area (Å²) in [6.07, 6.45) is 0. The lowest BCUT2D eigenvalue weighted by molar-refractivity contribution is -0.0334. The molecule has 1 rings (SSSR count). The Kier molecular flexibility index (Phi) is 9.20. The maximum Gasteiger partial charge on any atom is 0.0701 e. The molecule has 0 amide bonds. The number of hydrogen-bond acceptors (Lipinski definition) is 2. The largest absolute Gasteiger partial charge is 0.412 e. The van der Waals surface area contributed by atoms with E-state index in [0.717, 1.165) is 26.4 Å². The van der Waals surface area contributed by atoms with E-state index >= 15 is 0 Å².